The Morgan fingerprint density at radius 1 is 1.06 bits per heavy atom. The molecule has 3 rings (SSSR count). The molecule has 1 aliphatic rings. The quantitative estimate of drug-likeness (QED) is 0.733. The number of rotatable bonds is 1. The molecule has 2 aromatic rings. The first-order valence-electron chi connectivity index (χ1n) is 5.19. The number of pyridine rings is 1. The molecular weight excluding hydrogens is 198 g/mol. The molecule has 0 saturated heterocycles. The van der Waals surface area contributed by atoms with E-state index in [1.165, 1.54) is 5.56 Å². The molecule has 0 radical (unpaired) electrons. The molecule has 2 N–H and O–H groups in total. The van der Waals surface area contributed by atoms with Gasteiger partial charge in [-0.1, -0.05) is 6.07 Å². The van der Waals surface area contributed by atoms with Crippen LogP contribution in [0.1, 0.15) is 11.1 Å². The summed E-state index contributed by atoms with van der Waals surface area (Å²) < 4.78 is 0. The van der Waals surface area contributed by atoms with Crippen LogP contribution in [0.2, 0.25) is 0 Å². The van der Waals surface area contributed by atoms with Gasteiger partial charge in [0.25, 0.3) is 0 Å². The molecule has 16 heavy (non-hydrogen) atoms. The molecule has 0 amide bonds. The largest absolute Gasteiger partial charge is 0.399 e. The molecule has 0 bridgehead atoms. The number of fused-ring (bicyclic) bond motifs is 1. The summed E-state index contributed by atoms with van der Waals surface area (Å²) in [6, 6.07) is 9.85. The van der Waals surface area contributed by atoms with Gasteiger partial charge in [-0.25, -0.2) is 0 Å². The summed E-state index contributed by atoms with van der Waals surface area (Å²) in [6.45, 7) is 0. The molecule has 0 saturated carbocycles. The van der Waals surface area contributed by atoms with Gasteiger partial charge in [0.05, 0.1) is 11.4 Å². The van der Waals surface area contributed by atoms with Gasteiger partial charge in [0.2, 0.25) is 0 Å². The second-order valence-electron chi connectivity index (χ2n) is 3.86. The fraction of sp³-hybridized carbons (Fsp3) is 0.0769. The Balaban J connectivity index is 2.02. The van der Waals surface area contributed by atoms with Crippen molar-refractivity contribution >= 4 is 17.1 Å². The van der Waals surface area contributed by atoms with Gasteiger partial charge in [0, 0.05) is 24.5 Å². The highest BCUT2D eigenvalue weighted by molar-refractivity contribution is 6.06. The highest BCUT2D eigenvalue weighted by atomic mass is 14.8. The zero-order chi connectivity index (χ0) is 11.0. The van der Waals surface area contributed by atoms with Gasteiger partial charge in [0.15, 0.2) is 0 Å². The average molecular weight is 209 g/mol. The van der Waals surface area contributed by atoms with E-state index >= 15 is 0 Å². The minimum absolute atomic E-state index is 0.762. The van der Waals surface area contributed by atoms with Gasteiger partial charge in [0.1, 0.15) is 0 Å². The van der Waals surface area contributed by atoms with Crippen molar-refractivity contribution in [2.24, 2.45) is 4.99 Å². The Kier molecular flexibility index (Phi) is 1.96. The van der Waals surface area contributed by atoms with Gasteiger partial charge in [-0.3, -0.25) is 9.98 Å². The minimum Gasteiger partial charge on any atom is -0.399 e. The van der Waals surface area contributed by atoms with Crippen LogP contribution in [0, 0.1) is 0 Å². The van der Waals surface area contributed by atoms with E-state index in [1.807, 2.05) is 30.3 Å². The van der Waals surface area contributed by atoms with Crippen LogP contribution in [0.25, 0.3) is 0 Å². The number of anilines is 1. The maximum atomic E-state index is 5.74. The zero-order valence-corrected chi connectivity index (χ0v) is 8.72. The first kappa shape index (κ1) is 9.09. The molecule has 1 aromatic carbocycles. The smallest absolute Gasteiger partial charge is 0.0689 e. The third kappa shape index (κ3) is 1.46. The van der Waals surface area contributed by atoms with Crippen molar-refractivity contribution < 1.29 is 0 Å². The van der Waals surface area contributed by atoms with Gasteiger partial charge in [-0.15, -0.1) is 0 Å². The summed E-state index contributed by atoms with van der Waals surface area (Å²) in [4.78, 5) is 8.60. The Morgan fingerprint density at radius 2 is 1.88 bits per heavy atom. The number of aromatic nitrogens is 1. The van der Waals surface area contributed by atoms with Crippen LogP contribution in [0.5, 0.6) is 0 Å². The van der Waals surface area contributed by atoms with Gasteiger partial charge >= 0.3 is 0 Å². The zero-order valence-electron chi connectivity index (χ0n) is 8.72. The number of nitrogens with two attached hydrogens (primary N) is 1. The number of aliphatic imine (C=N–C) groups is 1. The predicted molar refractivity (Wildman–Crippen MR) is 65.0 cm³/mol. The van der Waals surface area contributed by atoms with Crippen molar-refractivity contribution in [3.05, 3.63) is 53.9 Å². The lowest BCUT2D eigenvalue weighted by atomic mass is 10.1. The fourth-order valence-corrected chi connectivity index (χ4v) is 1.91. The van der Waals surface area contributed by atoms with E-state index in [1.54, 1.807) is 12.4 Å². The van der Waals surface area contributed by atoms with Crippen LogP contribution >= 0.6 is 0 Å². The van der Waals surface area contributed by atoms with Crippen molar-refractivity contribution in [3.63, 3.8) is 0 Å². The number of nitrogen functional groups attached to an aromatic ring is 1. The summed E-state index contributed by atoms with van der Waals surface area (Å²) >= 11 is 0. The number of nitrogens with zero attached hydrogens (tertiary/aromatic N) is 2. The first-order valence-corrected chi connectivity index (χ1v) is 5.19. The highest BCUT2D eigenvalue weighted by Crippen LogP contribution is 2.30. The van der Waals surface area contributed by atoms with E-state index in [0.29, 0.717) is 0 Å². The lowest BCUT2D eigenvalue weighted by Gasteiger charge is -1.98. The number of benzene rings is 1. The third-order valence-electron chi connectivity index (χ3n) is 2.74. The summed E-state index contributed by atoms with van der Waals surface area (Å²) in [5.41, 5.74) is 10.9. The van der Waals surface area contributed by atoms with Crippen LogP contribution in [0.15, 0.2) is 47.7 Å². The van der Waals surface area contributed by atoms with Crippen molar-refractivity contribution in [3.8, 4) is 0 Å². The molecular formula is C13H11N3. The van der Waals surface area contributed by atoms with Crippen molar-refractivity contribution in [2.75, 3.05) is 5.73 Å². The molecule has 1 aromatic heterocycles. The number of hydrogen-bond acceptors (Lipinski definition) is 3. The monoisotopic (exact) mass is 209 g/mol. The van der Waals surface area contributed by atoms with Gasteiger partial charge in [-0.2, -0.15) is 0 Å². The van der Waals surface area contributed by atoms with Crippen molar-refractivity contribution in [2.45, 2.75) is 6.42 Å². The standard InChI is InChI=1S/C13H11N3/c14-11-2-1-10-7-12(16-13(10)8-11)9-3-5-15-6-4-9/h1-6,8H,7,14H2. The summed E-state index contributed by atoms with van der Waals surface area (Å²) in [5.74, 6) is 0. The molecule has 0 fully saturated rings. The number of hydrogen-bond donors (Lipinski definition) is 1. The molecule has 0 aliphatic carbocycles. The van der Waals surface area contributed by atoms with Crippen LogP contribution in [0.3, 0.4) is 0 Å². The Hall–Kier alpha value is -2.16. The molecule has 0 unspecified atom stereocenters. The molecule has 3 heteroatoms. The van der Waals surface area contributed by atoms with E-state index in [0.717, 1.165) is 29.1 Å². The van der Waals surface area contributed by atoms with Crippen molar-refractivity contribution in [1.29, 1.82) is 0 Å². The second kappa shape index (κ2) is 3.45. The van der Waals surface area contributed by atoms with Crippen molar-refractivity contribution in [1.82, 2.24) is 4.98 Å². The molecule has 3 nitrogen and oxygen atoms in total. The van der Waals surface area contributed by atoms with Gasteiger partial charge < -0.3 is 5.73 Å². The van der Waals surface area contributed by atoms with E-state index in [2.05, 4.69) is 9.98 Å². The molecule has 0 spiro atoms. The van der Waals surface area contributed by atoms with Crippen LogP contribution in [-0.2, 0) is 6.42 Å². The average Bonchev–Trinajstić information content (AvgIpc) is 2.73. The predicted octanol–water partition coefficient (Wildman–Crippen LogP) is 2.34. The SMILES string of the molecule is Nc1ccc2c(c1)N=C(c1ccncc1)C2. The molecule has 78 valence electrons. The Morgan fingerprint density at radius 3 is 2.69 bits per heavy atom. The van der Waals surface area contributed by atoms with E-state index in [4.69, 9.17) is 5.73 Å². The lowest BCUT2D eigenvalue weighted by molar-refractivity contribution is 1.31. The summed E-state index contributed by atoms with van der Waals surface area (Å²) in [7, 11) is 0. The highest BCUT2D eigenvalue weighted by Gasteiger charge is 2.15. The van der Waals surface area contributed by atoms with Gasteiger partial charge in [-0.05, 0) is 35.4 Å². The fourth-order valence-electron chi connectivity index (χ4n) is 1.91. The van der Waals surface area contributed by atoms with Crippen LogP contribution in [-0.4, -0.2) is 10.7 Å². The summed E-state index contributed by atoms with van der Waals surface area (Å²) in [5, 5.41) is 0. The maximum Gasteiger partial charge on any atom is 0.0689 e. The minimum atomic E-state index is 0.762. The molecule has 0 atom stereocenters. The summed E-state index contributed by atoms with van der Waals surface area (Å²) in [6.07, 6.45) is 4.45. The maximum absolute atomic E-state index is 5.74. The first-order chi connectivity index (χ1) is 7.83. The Bertz CT molecular complexity index is 559. The topological polar surface area (TPSA) is 51.3 Å². The third-order valence-corrected chi connectivity index (χ3v) is 2.74. The van der Waals surface area contributed by atoms with Crippen LogP contribution < -0.4 is 5.73 Å². The van der Waals surface area contributed by atoms with E-state index in [9.17, 15) is 0 Å². The van der Waals surface area contributed by atoms with E-state index < -0.39 is 0 Å². The lowest BCUT2D eigenvalue weighted by Crippen LogP contribution is -1.99. The van der Waals surface area contributed by atoms with E-state index in [-0.39, 0.29) is 0 Å². The normalized spacial score (nSPS) is 13.4. The van der Waals surface area contributed by atoms with Crippen LogP contribution in [0.4, 0.5) is 11.4 Å². The molecule has 1 aliphatic heterocycles. The second-order valence-corrected chi connectivity index (χ2v) is 3.86. The Labute approximate surface area is 93.7 Å². The molecule has 2 heterocycles.